The quantitative estimate of drug-likeness (QED) is 0.694. The van der Waals surface area contributed by atoms with E-state index in [-0.39, 0.29) is 10.8 Å². The van der Waals surface area contributed by atoms with Gasteiger partial charge in [0.25, 0.3) is 0 Å². The van der Waals surface area contributed by atoms with Gasteiger partial charge in [-0.2, -0.15) is 0 Å². The molecule has 0 aromatic rings. The van der Waals surface area contributed by atoms with Crippen LogP contribution in [0.25, 0.3) is 0 Å². The van der Waals surface area contributed by atoms with E-state index >= 15 is 0 Å². The standard InChI is InChI=1S/C12H22OS/c1-11(2,3)9-14-10(13)12(4)7-5-6-8-12/h5-9H2,1-4H3. The second kappa shape index (κ2) is 4.26. The van der Waals surface area contributed by atoms with Crippen LogP contribution in [0.1, 0.15) is 53.4 Å². The van der Waals surface area contributed by atoms with Gasteiger partial charge in [0.1, 0.15) is 0 Å². The second-order valence-electron chi connectivity index (χ2n) is 5.90. The van der Waals surface area contributed by atoms with E-state index in [0.717, 1.165) is 18.6 Å². The maximum atomic E-state index is 12.0. The van der Waals surface area contributed by atoms with Crippen LogP contribution in [0.2, 0.25) is 0 Å². The molecule has 1 fully saturated rings. The summed E-state index contributed by atoms with van der Waals surface area (Å²) in [6.45, 7) is 8.69. The third-order valence-corrected chi connectivity index (χ3v) is 4.60. The lowest BCUT2D eigenvalue weighted by molar-refractivity contribution is -0.118. The summed E-state index contributed by atoms with van der Waals surface area (Å²) in [6, 6.07) is 0. The van der Waals surface area contributed by atoms with Crippen molar-refractivity contribution in [1.29, 1.82) is 0 Å². The van der Waals surface area contributed by atoms with Crippen LogP contribution in [0.5, 0.6) is 0 Å². The normalized spacial score (nSPS) is 21.1. The Bertz CT molecular complexity index is 209. The van der Waals surface area contributed by atoms with Crippen LogP contribution in [-0.4, -0.2) is 10.9 Å². The van der Waals surface area contributed by atoms with Crippen molar-refractivity contribution in [3.63, 3.8) is 0 Å². The Hall–Kier alpha value is 0.0200. The van der Waals surface area contributed by atoms with E-state index in [1.165, 1.54) is 12.8 Å². The second-order valence-corrected chi connectivity index (χ2v) is 6.85. The molecule has 0 aliphatic heterocycles. The highest BCUT2D eigenvalue weighted by atomic mass is 32.2. The summed E-state index contributed by atoms with van der Waals surface area (Å²) in [5, 5.41) is 0.421. The van der Waals surface area contributed by atoms with Crippen LogP contribution in [-0.2, 0) is 4.79 Å². The lowest BCUT2D eigenvalue weighted by atomic mass is 9.91. The van der Waals surface area contributed by atoms with Crippen molar-refractivity contribution in [2.45, 2.75) is 53.4 Å². The van der Waals surface area contributed by atoms with Crippen LogP contribution in [0.4, 0.5) is 0 Å². The molecule has 0 heterocycles. The van der Waals surface area contributed by atoms with Crippen LogP contribution in [0.15, 0.2) is 0 Å². The van der Waals surface area contributed by atoms with E-state index in [2.05, 4.69) is 27.7 Å². The molecule has 0 N–H and O–H groups in total. The van der Waals surface area contributed by atoms with Gasteiger partial charge in [-0.1, -0.05) is 52.3 Å². The molecule has 0 aromatic carbocycles. The Balaban J connectivity index is 2.42. The van der Waals surface area contributed by atoms with E-state index in [0.29, 0.717) is 5.12 Å². The molecule has 82 valence electrons. The number of rotatable bonds is 2. The molecule has 0 bridgehead atoms. The largest absolute Gasteiger partial charge is 0.287 e. The van der Waals surface area contributed by atoms with Gasteiger partial charge in [0.2, 0.25) is 0 Å². The van der Waals surface area contributed by atoms with Crippen molar-refractivity contribution >= 4 is 16.9 Å². The van der Waals surface area contributed by atoms with Gasteiger partial charge in [-0.3, -0.25) is 4.79 Å². The Morgan fingerprint density at radius 1 is 1.29 bits per heavy atom. The molecule has 14 heavy (non-hydrogen) atoms. The summed E-state index contributed by atoms with van der Waals surface area (Å²) in [4.78, 5) is 12.0. The number of hydrogen-bond donors (Lipinski definition) is 0. The molecule has 0 spiro atoms. The smallest absolute Gasteiger partial charge is 0.194 e. The summed E-state index contributed by atoms with van der Waals surface area (Å²) < 4.78 is 0. The van der Waals surface area contributed by atoms with E-state index in [9.17, 15) is 4.79 Å². The fourth-order valence-electron chi connectivity index (χ4n) is 1.82. The van der Waals surface area contributed by atoms with Gasteiger partial charge in [-0.25, -0.2) is 0 Å². The zero-order valence-electron chi connectivity index (χ0n) is 9.85. The van der Waals surface area contributed by atoms with Crippen LogP contribution in [0.3, 0.4) is 0 Å². The first-order valence-corrected chi connectivity index (χ1v) is 6.49. The van der Waals surface area contributed by atoms with Gasteiger partial charge < -0.3 is 0 Å². The average Bonchev–Trinajstić information content (AvgIpc) is 2.48. The molecule has 1 aliphatic carbocycles. The van der Waals surface area contributed by atoms with Gasteiger partial charge in [-0.05, 0) is 18.3 Å². The number of thioether (sulfide) groups is 1. The van der Waals surface area contributed by atoms with Crippen molar-refractivity contribution in [2.75, 3.05) is 5.75 Å². The monoisotopic (exact) mass is 214 g/mol. The van der Waals surface area contributed by atoms with Crippen LogP contribution < -0.4 is 0 Å². The number of hydrogen-bond acceptors (Lipinski definition) is 2. The molecule has 0 aromatic heterocycles. The molecular weight excluding hydrogens is 192 g/mol. The van der Waals surface area contributed by atoms with E-state index < -0.39 is 0 Å². The summed E-state index contributed by atoms with van der Waals surface area (Å²) >= 11 is 1.54. The fourth-order valence-corrected chi connectivity index (χ4v) is 2.93. The molecule has 0 atom stereocenters. The molecule has 0 unspecified atom stereocenters. The zero-order chi connectivity index (χ0) is 10.8. The molecule has 1 nitrogen and oxygen atoms in total. The van der Waals surface area contributed by atoms with Crippen molar-refractivity contribution in [3.05, 3.63) is 0 Å². The van der Waals surface area contributed by atoms with Crippen LogP contribution >= 0.6 is 11.8 Å². The van der Waals surface area contributed by atoms with E-state index in [1.54, 1.807) is 11.8 Å². The first kappa shape index (κ1) is 12.1. The molecule has 0 amide bonds. The lowest BCUT2D eigenvalue weighted by Crippen LogP contribution is -2.23. The Morgan fingerprint density at radius 2 is 1.79 bits per heavy atom. The third kappa shape index (κ3) is 3.30. The Kier molecular flexibility index (Phi) is 3.68. The molecule has 0 saturated heterocycles. The van der Waals surface area contributed by atoms with Gasteiger partial charge >= 0.3 is 0 Å². The van der Waals surface area contributed by atoms with E-state index in [4.69, 9.17) is 0 Å². The maximum Gasteiger partial charge on any atom is 0.194 e. The number of carbonyl (C=O) groups is 1. The topological polar surface area (TPSA) is 17.1 Å². The molecule has 0 radical (unpaired) electrons. The van der Waals surface area contributed by atoms with Crippen LogP contribution in [0, 0.1) is 10.8 Å². The first-order chi connectivity index (χ1) is 6.33. The predicted octanol–water partition coefficient (Wildman–Crippen LogP) is 3.87. The zero-order valence-corrected chi connectivity index (χ0v) is 10.7. The minimum atomic E-state index is -0.00405. The van der Waals surface area contributed by atoms with Crippen molar-refractivity contribution < 1.29 is 4.79 Å². The molecule has 2 heteroatoms. The van der Waals surface area contributed by atoms with Crippen molar-refractivity contribution in [1.82, 2.24) is 0 Å². The molecule has 1 aliphatic rings. The molecule has 1 saturated carbocycles. The molecular formula is C12H22OS. The Labute approximate surface area is 92.0 Å². The average molecular weight is 214 g/mol. The minimum Gasteiger partial charge on any atom is -0.287 e. The lowest BCUT2D eigenvalue weighted by Gasteiger charge is -2.23. The van der Waals surface area contributed by atoms with Gasteiger partial charge in [0.05, 0.1) is 0 Å². The van der Waals surface area contributed by atoms with Gasteiger partial charge in [0.15, 0.2) is 5.12 Å². The third-order valence-electron chi connectivity index (χ3n) is 2.84. The van der Waals surface area contributed by atoms with Crippen molar-refractivity contribution in [2.24, 2.45) is 10.8 Å². The Morgan fingerprint density at radius 3 is 2.21 bits per heavy atom. The predicted molar refractivity (Wildman–Crippen MR) is 63.5 cm³/mol. The SMILES string of the molecule is CC(C)(C)CSC(=O)C1(C)CCCC1. The summed E-state index contributed by atoms with van der Waals surface area (Å²) in [7, 11) is 0. The van der Waals surface area contributed by atoms with E-state index in [1.807, 2.05) is 0 Å². The first-order valence-electron chi connectivity index (χ1n) is 5.51. The minimum absolute atomic E-state index is 0.00405. The highest BCUT2D eigenvalue weighted by Gasteiger charge is 2.36. The summed E-state index contributed by atoms with van der Waals surface area (Å²) in [5.41, 5.74) is 0.255. The number of carbonyl (C=O) groups excluding carboxylic acids is 1. The summed E-state index contributed by atoms with van der Waals surface area (Å²) in [6.07, 6.45) is 4.67. The van der Waals surface area contributed by atoms with Gasteiger partial charge in [0, 0.05) is 11.2 Å². The summed E-state index contributed by atoms with van der Waals surface area (Å²) in [5.74, 6) is 0.946. The highest BCUT2D eigenvalue weighted by molar-refractivity contribution is 8.13. The molecule has 1 rings (SSSR count). The maximum absolute atomic E-state index is 12.0. The fraction of sp³-hybridized carbons (Fsp3) is 0.917. The van der Waals surface area contributed by atoms with Gasteiger partial charge in [-0.15, -0.1) is 0 Å². The van der Waals surface area contributed by atoms with Crippen molar-refractivity contribution in [3.8, 4) is 0 Å². The highest BCUT2D eigenvalue weighted by Crippen LogP contribution is 2.42.